The first kappa shape index (κ1) is 28.6. The zero-order chi connectivity index (χ0) is 28.3. The molecule has 1 unspecified atom stereocenters. The second-order valence-corrected chi connectivity index (χ2v) is 9.59. The number of hydrogen-bond acceptors (Lipinski definition) is 5. The summed E-state index contributed by atoms with van der Waals surface area (Å²) in [6.45, 7) is 2.14. The van der Waals surface area contributed by atoms with Gasteiger partial charge in [0.05, 0.1) is 11.6 Å². The molecule has 1 atom stereocenters. The van der Waals surface area contributed by atoms with E-state index in [1.807, 2.05) is 36.4 Å². The van der Waals surface area contributed by atoms with Gasteiger partial charge in [-0.15, -0.1) is 0 Å². The molecule has 0 saturated heterocycles. The number of thiocarbonyl (C=S) groups is 1. The molecule has 0 aliphatic heterocycles. The van der Waals surface area contributed by atoms with Crippen molar-refractivity contribution >= 4 is 52.1 Å². The minimum absolute atomic E-state index is 0.138. The number of benzene rings is 4. The average Bonchev–Trinajstić information content (AvgIpc) is 2.96. The van der Waals surface area contributed by atoms with Gasteiger partial charge < -0.3 is 20.1 Å². The Balaban J connectivity index is 1.24. The summed E-state index contributed by atoms with van der Waals surface area (Å²) in [6, 6.07) is 30.8. The molecule has 0 spiro atoms. The minimum Gasteiger partial charge on any atom is -0.493 e. The van der Waals surface area contributed by atoms with Crippen molar-refractivity contribution in [3.05, 3.63) is 119 Å². The highest BCUT2D eigenvalue weighted by atomic mass is 35.5. The highest BCUT2D eigenvalue weighted by Crippen LogP contribution is 2.24. The van der Waals surface area contributed by atoms with Crippen molar-refractivity contribution in [2.24, 2.45) is 0 Å². The second-order valence-electron chi connectivity index (χ2n) is 8.78. The summed E-state index contributed by atoms with van der Waals surface area (Å²) in [6.07, 6.45) is 0.0107. The number of nitrogens with one attached hydrogen (secondary N) is 3. The monoisotopic (exact) mass is 573 g/mol. The molecule has 2 amide bonds. The Labute approximate surface area is 243 Å². The number of carbonyl (C=O) groups is 2. The highest BCUT2D eigenvalue weighted by Gasteiger charge is 2.16. The van der Waals surface area contributed by atoms with Gasteiger partial charge in [0, 0.05) is 23.4 Å². The molecule has 0 aliphatic rings. The number of anilines is 2. The van der Waals surface area contributed by atoms with Crippen LogP contribution in [0, 0.1) is 0 Å². The quantitative estimate of drug-likeness (QED) is 0.188. The summed E-state index contributed by atoms with van der Waals surface area (Å²) in [5.74, 6) is 0.355. The largest absolute Gasteiger partial charge is 0.493 e. The van der Waals surface area contributed by atoms with E-state index in [1.54, 1.807) is 73.7 Å². The van der Waals surface area contributed by atoms with Crippen molar-refractivity contribution in [2.75, 3.05) is 17.2 Å². The molecule has 0 aromatic heterocycles. The van der Waals surface area contributed by atoms with Gasteiger partial charge in [-0.3, -0.25) is 14.9 Å². The van der Waals surface area contributed by atoms with E-state index in [1.165, 1.54) is 5.56 Å². The zero-order valence-electron chi connectivity index (χ0n) is 21.7. The number of para-hydroxylation sites is 1. The fourth-order valence-electron chi connectivity index (χ4n) is 3.66. The Bertz CT molecular complexity index is 1470. The summed E-state index contributed by atoms with van der Waals surface area (Å²) >= 11 is 11.4. The van der Waals surface area contributed by atoms with Gasteiger partial charge in [-0.1, -0.05) is 60.1 Å². The van der Waals surface area contributed by atoms with Crippen LogP contribution in [0.2, 0.25) is 5.02 Å². The predicted octanol–water partition coefficient (Wildman–Crippen LogP) is 6.49. The second kappa shape index (κ2) is 14.1. The topological polar surface area (TPSA) is 88.7 Å². The Morgan fingerprint density at radius 3 is 2.25 bits per heavy atom. The summed E-state index contributed by atoms with van der Waals surface area (Å²) < 4.78 is 11.5. The standard InChI is InChI=1S/C31H28ClN3O4S/c1-21(39-28-13-6-5-12-27(28)32)29(36)33-24-14-16-25(17-15-24)34-31(40)35-30(37)23-10-7-11-26(20-23)38-19-18-22-8-3-2-4-9-22/h2-17,20-21H,18-19H2,1H3,(H,33,36)(H2,34,35,37,40). The fraction of sp³-hybridized carbons (Fsp3) is 0.129. The summed E-state index contributed by atoms with van der Waals surface area (Å²) in [5.41, 5.74) is 2.82. The van der Waals surface area contributed by atoms with E-state index in [4.69, 9.17) is 33.3 Å². The highest BCUT2D eigenvalue weighted by molar-refractivity contribution is 7.80. The third kappa shape index (κ3) is 8.56. The van der Waals surface area contributed by atoms with Gasteiger partial charge in [0.15, 0.2) is 11.2 Å². The Kier molecular flexibility index (Phi) is 10.1. The SMILES string of the molecule is CC(Oc1ccccc1Cl)C(=O)Nc1ccc(NC(=S)NC(=O)c2cccc(OCCc3ccccc3)c2)cc1. The third-order valence-electron chi connectivity index (χ3n) is 5.75. The van der Waals surface area contributed by atoms with Crippen LogP contribution in [-0.4, -0.2) is 29.6 Å². The number of halogens is 1. The van der Waals surface area contributed by atoms with Gasteiger partial charge in [-0.05, 0) is 79.3 Å². The van der Waals surface area contributed by atoms with Crippen LogP contribution < -0.4 is 25.4 Å². The Hall–Kier alpha value is -4.40. The molecule has 0 fully saturated rings. The number of ether oxygens (including phenoxy) is 2. The first-order valence-corrected chi connectivity index (χ1v) is 13.4. The molecule has 7 nitrogen and oxygen atoms in total. The molecule has 4 aromatic carbocycles. The molecule has 3 N–H and O–H groups in total. The lowest BCUT2D eigenvalue weighted by molar-refractivity contribution is -0.122. The maximum absolute atomic E-state index is 12.7. The van der Waals surface area contributed by atoms with E-state index in [2.05, 4.69) is 16.0 Å². The third-order valence-corrected chi connectivity index (χ3v) is 6.26. The molecular formula is C31H28ClN3O4S. The summed E-state index contributed by atoms with van der Waals surface area (Å²) in [4.78, 5) is 25.2. The molecule has 0 saturated carbocycles. The van der Waals surface area contributed by atoms with Crippen molar-refractivity contribution in [1.82, 2.24) is 5.32 Å². The predicted molar refractivity (Wildman–Crippen MR) is 162 cm³/mol. The molecular weight excluding hydrogens is 546 g/mol. The Morgan fingerprint density at radius 2 is 1.52 bits per heavy atom. The van der Waals surface area contributed by atoms with Gasteiger partial charge >= 0.3 is 0 Å². The molecule has 0 bridgehead atoms. The van der Waals surface area contributed by atoms with Gasteiger partial charge in [0.25, 0.3) is 11.8 Å². The molecule has 0 radical (unpaired) electrons. The molecule has 40 heavy (non-hydrogen) atoms. The van der Waals surface area contributed by atoms with E-state index in [9.17, 15) is 9.59 Å². The van der Waals surface area contributed by atoms with Crippen LogP contribution in [0.1, 0.15) is 22.8 Å². The van der Waals surface area contributed by atoms with Crippen molar-refractivity contribution in [3.63, 3.8) is 0 Å². The van der Waals surface area contributed by atoms with Crippen LogP contribution >= 0.6 is 23.8 Å². The van der Waals surface area contributed by atoms with Gasteiger partial charge in [0.2, 0.25) is 0 Å². The molecule has 0 heterocycles. The average molecular weight is 574 g/mol. The molecule has 4 rings (SSSR count). The lowest BCUT2D eigenvalue weighted by atomic mass is 10.2. The maximum atomic E-state index is 12.7. The van der Waals surface area contributed by atoms with Gasteiger partial charge in [-0.25, -0.2) is 0 Å². The molecule has 0 aliphatic carbocycles. The van der Waals surface area contributed by atoms with Crippen LogP contribution in [0.5, 0.6) is 11.5 Å². The van der Waals surface area contributed by atoms with E-state index >= 15 is 0 Å². The van der Waals surface area contributed by atoms with Crippen molar-refractivity contribution < 1.29 is 19.1 Å². The summed E-state index contributed by atoms with van der Waals surface area (Å²) in [5, 5.41) is 9.00. The molecule has 9 heteroatoms. The number of carbonyl (C=O) groups excluding carboxylic acids is 2. The summed E-state index contributed by atoms with van der Waals surface area (Å²) in [7, 11) is 0. The van der Waals surface area contributed by atoms with E-state index < -0.39 is 6.10 Å². The lowest BCUT2D eigenvalue weighted by Gasteiger charge is -2.16. The van der Waals surface area contributed by atoms with Gasteiger partial charge in [-0.2, -0.15) is 0 Å². The smallest absolute Gasteiger partial charge is 0.265 e. The van der Waals surface area contributed by atoms with Crippen LogP contribution in [0.15, 0.2) is 103 Å². The first-order valence-electron chi connectivity index (χ1n) is 12.6. The van der Waals surface area contributed by atoms with Crippen LogP contribution in [-0.2, 0) is 11.2 Å². The van der Waals surface area contributed by atoms with Gasteiger partial charge in [0.1, 0.15) is 11.5 Å². The van der Waals surface area contributed by atoms with Crippen molar-refractivity contribution in [1.29, 1.82) is 0 Å². The van der Waals surface area contributed by atoms with E-state index in [-0.39, 0.29) is 16.9 Å². The van der Waals surface area contributed by atoms with E-state index in [0.29, 0.717) is 40.1 Å². The fourth-order valence-corrected chi connectivity index (χ4v) is 4.05. The normalized spacial score (nSPS) is 11.2. The molecule has 204 valence electrons. The number of rotatable bonds is 10. The van der Waals surface area contributed by atoms with Crippen molar-refractivity contribution in [2.45, 2.75) is 19.4 Å². The van der Waals surface area contributed by atoms with Crippen molar-refractivity contribution in [3.8, 4) is 11.5 Å². The minimum atomic E-state index is -0.756. The molecule has 4 aromatic rings. The Morgan fingerprint density at radius 1 is 0.850 bits per heavy atom. The lowest BCUT2D eigenvalue weighted by Crippen LogP contribution is -2.34. The van der Waals surface area contributed by atoms with Crippen LogP contribution in [0.3, 0.4) is 0 Å². The van der Waals surface area contributed by atoms with Crippen LogP contribution in [0.25, 0.3) is 0 Å². The van der Waals surface area contributed by atoms with E-state index in [0.717, 1.165) is 6.42 Å². The number of hydrogen-bond donors (Lipinski definition) is 3. The maximum Gasteiger partial charge on any atom is 0.265 e. The van der Waals surface area contributed by atoms with Crippen LogP contribution in [0.4, 0.5) is 11.4 Å². The first-order chi connectivity index (χ1) is 19.4. The number of amides is 2. The zero-order valence-corrected chi connectivity index (χ0v) is 23.3.